The number of amides is 2. The summed E-state index contributed by atoms with van der Waals surface area (Å²) < 4.78 is 25.8. The SMILES string of the molecule is CC(NC(=O)Nc1ccc(S(=O)(=O)Cc2ccc3c(c2)CCNC3)cc1)c1ccccc1. The minimum Gasteiger partial charge on any atom is -0.331 e. The van der Waals surface area contributed by atoms with Crippen LogP contribution < -0.4 is 16.0 Å². The van der Waals surface area contributed by atoms with Crippen LogP contribution in [0.15, 0.2) is 77.7 Å². The van der Waals surface area contributed by atoms with E-state index in [9.17, 15) is 13.2 Å². The number of urea groups is 1. The third-order valence-electron chi connectivity index (χ3n) is 5.63. The number of fused-ring (bicyclic) bond motifs is 1. The number of anilines is 1. The number of rotatable bonds is 6. The van der Waals surface area contributed by atoms with Crippen molar-refractivity contribution >= 4 is 21.6 Å². The molecule has 1 heterocycles. The highest BCUT2D eigenvalue weighted by atomic mass is 32.2. The number of benzene rings is 3. The molecule has 0 aromatic heterocycles. The molecule has 6 nitrogen and oxygen atoms in total. The highest BCUT2D eigenvalue weighted by Crippen LogP contribution is 2.22. The third-order valence-corrected chi connectivity index (χ3v) is 7.34. The van der Waals surface area contributed by atoms with Crippen LogP contribution >= 0.6 is 0 Å². The van der Waals surface area contributed by atoms with Crippen LogP contribution in [0.3, 0.4) is 0 Å². The first kappa shape index (κ1) is 22.0. The normalized spacial score (nSPS) is 14.3. The average molecular weight is 450 g/mol. The Morgan fingerprint density at radius 1 is 1.00 bits per heavy atom. The van der Waals surface area contributed by atoms with E-state index in [0.29, 0.717) is 5.69 Å². The van der Waals surface area contributed by atoms with Gasteiger partial charge in [-0.15, -0.1) is 0 Å². The highest BCUT2D eigenvalue weighted by Gasteiger charge is 2.18. The fraction of sp³-hybridized carbons (Fsp3) is 0.240. The van der Waals surface area contributed by atoms with Gasteiger partial charge >= 0.3 is 6.03 Å². The van der Waals surface area contributed by atoms with Gasteiger partial charge in [0, 0.05) is 12.2 Å². The molecule has 1 aliphatic rings. The number of hydrogen-bond donors (Lipinski definition) is 3. The molecule has 0 bridgehead atoms. The lowest BCUT2D eigenvalue weighted by molar-refractivity contribution is 0.249. The summed E-state index contributed by atoms with van der Waals surface area (Å²) in [7, 11) is -3.48. The molecule has 32 heavy (non-hydrogen) atoms. The fourth-order valence-corrected chi connectivity index (χ4v) is 5.19. The molecule has 3 aromatic rings. The first-order valence-corrected chi connectivity index (χ1v) is 12.3. The van der Waals surface area contributed by atoms with Crippen LogP contribution in [0, 0.1) is 0 Å². The van der Waals surface area contributed by atoms with Gasteiger partial charge in [0.15, 0.2) is 9.84 Å². The van der Waals surface area contributed by atoms with Crippen LogP contribution in [0.4, 0.5) is 10.5 Å². The van der Waals surface area contributed by atoms with E-state index in [1.165, 1.54) is 23.3 Å². The van der Waals surface area contributed by atoms with Crippen molar-refractivity contribution < 1.29 is 13.2 Å². The maximum atomic E-state index is 12.9. The minimum atomic E-state index is -3.48. The Labute approximate surface area is 189 Å². The molecular formula is C25H27N3O3S. The van der Waals surface area contributed by atoms with Gasteiger partial charge < -0.3 is 16.0 Å². The summed E-state index contributed by atoms with van der Waals surface area (Å²) in [6.07, 6.45) is 0.911. The molecule has 2 amide bonds. The van der Waals surface area contributed by atoms with E-state index in [-0.39, 0.29) is 22.7 Å². The first-order chi connectivity index (χ1) is 15.4. The zero-order valence-electron chi connectivity index (χ0n) is 18.0. The Morgan fingerprint density at radius 2 is 1.75 bits per heavy atom. The number of carbonyl (C=O) groups excluding carboxylic acids is 1. The van der Waals surface area contributed by atoms with Crippen molar-refractivity contribution in [2.24, 2.45) is 0 Å². The van der Waals surface area contributed by atoms with E-state index < -0.39 is 9.84 Å². The quantitative estimate of drug-likeness (QED) is 0.527. The standard InChI is InChI=1S/C25H27N3O3S/c1-18(20-5-3-2-4-6-20)27-25(29)28-23-9-11-24(12-10-23)32(30,31)17-19-7-8-22-16-26-14-13-21(22)15-19/h2-12,15,18,26H,13-14,16-17H2,1H3,(H2,27,28,29). The van der Waals surface area contributed by atoms with Crippen molar-refractivity contribution in [2.45, 2.75) is 36.6 Å². The van der Waals surface area contributed by atoms with Crippen molar-refractivity contribution in [3.05, 3.63) is 95.1 Å². The Bertz CT molecular complexity index is 1190. The number of nitrogens with one attached hydrogen (secondary N) is 3. The van der Waals surface area contributed by atoms with Crippen LogP contribution in [-0.4, -0.2) is 21.0 Å². The maximum absolute atomic E-state index is 12.9. The summed E-state index contributed by atoms with van der Waals surface area (Å²) in [5.41, 5.74) is 4.77. The van der Waals surface area contributed by atoms with Crippen LogP contribution in [0.2, 0.25) is 0 Å². The molecule has 3 N–H and O–H groups in total. The molecular weight excluding hydrogens is 422 g/mol. The summed E-state index contributed by atoms with van der Waals surface area (Å²) in [4.78, 5) is 12.5. The van der Waals surface area contributed by atoms with Crippen LogP contribution in [0.25, 0.3) is 0 Å². The Kier molecular flexibility index (Phi) is 6.58. The van der Waals surface area contributed by atoms with Crippen molar-refractivity contribution in [1.82, 2.24) is 10.6 Å². The molecule has 1 aliphatic heterocycles. The summed E-state index contributed by atoms with van der Waals surface area (Å²) in [5, 5.41) is 8.95. The number of carbonyl (C=O) groups is 1. The summed E-state index contributed by atoms with van der Waals surface area (Å²) in [6.45, 7) is 3.64. The largest absolute Gasteiger partial charge is 0.331 e. The lowest BCUT2D eigenvalue weighted by Gasteiger charge is -2.18. The van der Waals surface area contributed by atoms with E-state index in [4.69, 9.17) is 0 Å². The second-order valence-electron chi connectivity index (χ2n) is 8.04. The second-order valence-corrected chi connectivity index (χ2v) is 10.0. The lowest BCUT2D eigenvalue weighted by Crippen LogP contribution is -2.31. The topological polar surface area (TPSA) is 87.3 Å². The Morgan fingerprint density at radius 3 is 2.50 bits per heavy atom. The van der Waals surface area contributed by atoms with Gasteiger partial charge in [-0.3, -0.25) is 0 Å². The summed E-state index contributed by atoms with van der Waals surface area (Å²) in [5.74, 6) is -0.0461. The van der Waals surface area contributed by atoms with Crippen molar-refractivity contribution in [3.8, 4) is 0 Å². The predicted molar refractivity (Wildman–Crippen MR) is 126 cm³/mol. The van der Waals surface area contributed by atoms with E-state index in [0.717, 1.165) is 30.6 Å². The molecule has 166 valence electrons. The van der Waals surface area contributed by atoms with E-state index in [1.807, 2.05) is 55.5 Å². The summed E-state index contributed by atoms with van der Waals surface area (Å²) >= 11 is 0. The molecule has 3 aromatic carbocycles. The molecule has 7 heteroatoms. The zero-order chi connectivity index (χ0) is 22.6. The zero-order valence-corrected chi connectivity index (χ0v) is 18.8. The van der Waals surface area contributed by atoms with Crippen LogP contribution in [-0.2, 0) is 28.6 Å². The molecule has 1 atom stereocenters. The molecule has 0 aliphatic carbocycles. The average Bonchev–Trinajstić information content (AvgIpc) is 2.79. The van der Waals surface area contributed by atoms with Gasteiger partial charge in [-0.05, 0) is 66.4 Å². The Balaban J connectivity index is 1.38. The highest BCUT2D eigenvalue weighted by molar-refractivity contribution is 7.90. The van der Waals surface area contributed by atoms with Gasteiger partial charge in [-0.25, -0.2) is 13.2 Å². The molecule has 0 saturated heterocycles. The summed E-state index contributed by atoms with van der Waals surface area (Å²) in [6, 6.07) is 21.4. The fourth-order valence-electron chi connectivity index (χ4n) is 3.86. The van der Waals surface area contributed by atoms with Gasteiger partial charge in [0.05, 0.1) is 16.7 Å². The second kappa shape index (κ2) is 9.54. The number of sulfone groups is 1. The van der Waals surface area contributed by atoms with Gasteiger partial charge in [0.25, 0.3) is 0 Å². The van der Waals surface area contributed by atoms with Crippen molar-refractivity contribution in [1.29, 1.82) is 0 Å². The van der Waals surface area contributed by atoms with Crippen molar-refractivity contribution in [2.75, 3.05) is 11.9 Å². The first-order valence-electron chi connectivity index (χ1n) is 10.7. The van der Waals surface area contributed by atoms with E-state index >= 15 is 0 Å². The van der Waals surface area contributed by atoms with Gasteiger partial charge in [-0.1, -0.05) is 48.5 Å². The van der Waals surface area contributed by atoms with Gasteiger partial charge in [0.2, 0.25) is 0 Å². The molecule has 0 spiro atoms. The maximum Gasteiger partial charge on any atom is 0.319 e. The van der Waals surface area contributed by atoms with Gasteiger partial charge in [0.1, 0.15) is 0 Å². The molecule has 4 rings (SSSR count). The van der Waals surface area contributed by atoms with Crippen molar-refractivity contribution in [3.63, 3.8) is 0 Å². The van der Waals surface area contributed by atoms with E-state index in [1.54, 1.807) is 12.1 Å². The third kappa shape index (κ3) is 5.36. The predicted octanol–water partition coefficient (Wildman–Crippen LogP) is 4.19. The number of hydrogen-bond acceptors (Lipinski definition) is 4. The molecule has 0 fully saturated rings. The Hall–Kier alpha value is -3.16. The molecule has 0 radical (unpaired) electrons. The van der Waals surface area contributed by atoms with Gasteiger partial charge in [-0.2, -0.15) is 0 Å². The lowest BCUT2D eigenvalue weighted by atomic mass is 9.99. The van der Waals surface area contributed by atoms with Crippen LogP contribution in [0.5, 0.6) is 0 Å². The molecule has 1 unspecified atom stereocenters. The van der Waals surface area contributed by atoms with E-state index in [2.05, 4.69) is 16.0 Å². The minimum absolute atomic E-state index is 0.0461. The monoisotopic (exact) mass is 449 g/mol. The van der Waals surface area contributed by atoms with Crippen LogP contribution in [0.1, 0.15) is 35.2 Å². The molecule has 0 saturated carbocycles. The smallest absolute Gasteiger partial charge is 0.319 e.